The number of benzene rings is 1. The van der Waals surface area contributed by atoms with Gasteiger partial charge in [-0.2, -0.15) is 0 Å². The summed E-state index contributed by atoms with van der Waals surface area (Å²) >= 11 is 5.77. The Kier molecular flexibility index (Phi) is 4.96. The first kappa shape index (κ1) is 13.7. The highest BCUT2D eigenvalue weighted by atomic mass is 35.5. The van der Waals surface area contributed by atoms with Crippen molar-refractivity contribution in [2.45, 2.75) is 25.2 Å². The summed E-state index contributed by atoms with van der Waals surface area (Å²) in [5, 5.41) is 0.669. The minimum atomic E-state index is -0.954. The molecule has 1 aromatic rings. The van der Waals surface area contributed by atoms with Crippen LogP contribution in [0.4, 0.5) is 0 Å². The lowest BCUT2D eigenvalue weighted by Gasteiger charge is -2.21. The molecule has 1 atom stereocenters. The Balaban J connectivity index is 2.56. The number of hydrogen-bond acceptors (Lipinski definition) is 2. The second-order valence-corrected chi connectivity index (χ2v) is 6.63. The van der Waals surface area contributed by atoms with E-state index < -0.39 is 10.8 Å². The van der Waals surface area contributed by atoms with Gasteiger partial charge >= 0.3 is 0 Å². The van der Waals surface area contributed by atoms with Gasteiger partial charge in [0, 0.05) is 15.7 Å². The van der Waals surface area contributed by atoms with Gasteiger partial charge in [0.15, 0.2) is 0 Å². The van der Waals surface area contributed by atoms with Gasteiger partial charge in [0.1, 0.15) is 0 Å². The largest absolute Gasteiger partial charge is 0.330 e. The number of hydrogen-bond donors (Lipinski definition) is 1. The molecule has 0 saturated heterocycles. The molecule has 0 radical (unpaired) electrons. The molecular weight excluding hydrogens is 242 g/mol. The number of halogens is 1. The zero-order valence-corrected chi connectivity index (χ0v) is 11.3. The van der Waals surface area contributed by atoms with Crippen molar-refractivity contribution in [3.63, 3.8) is 0 Å². The van der Waals surface area contributed by atoms with Gasteiger partial charge in [0.05, 0.1) is 10.8 Å². The Morgan fingerprint density at radius 3 is 2.38 bits per heavy atom. The topological polar surface area (TPSA) is 43.1 Å². The zero-order chi connectivity index (χ0) is 12.2. The lowest BCUT2D eigenvalue weighted by molar-refractivity contribution is 0.367. The lowest BCUT2D eigenvalue weighted by atomic mass is 9.91. The summed E-state index contributed by atoms with van der Waals surface area (Å²) in [4.78, 5) is 0.831. The third-order valence-corrected chi connectivity index (χ3v) is 4.22. The fourth-order valence-electron chi connectivity index (χ4n) is 1.18. The van der Waals surface area contributed by atoms with E-state index in [0.29, 0.717) is 17.3 Å². The Hall–Kier alpha value is -0.380. The van der Waals surface area contributed by atoms with Gasteiger partial charge in [-0.1, -0.05) is 25.4 Å². The lowest BCUT2D eigenvalue weighted by Crippen LogP contribution is -2.25. The first-order valence-corrected chi connectivity index (χ1v) is 6.98. The van der Waals surface area contributed by atoms with Gasteiger partial charge in [-0.15, -0.1) is 0 Å². The molecular formula is C12H18ClNOS. The van der Waals surface area contributed by atoms with Crippen LogP contribution in [0.1, 0.15) is 20.3 Å². The maximum Gasteiger partial charge on any atom is 0.0529 e. The van der Waals surface area contributed by atoms with Crippen LogP contribution in [0.25, 0.3) is 0 Å². The monoisotopic (exact) mass is 259 g/mol. The molecule has 0 spiro atoms. The van der Waals surface area contributed by atoms with Crippen LogP contribution in [-0.2, 0) is 10.8 Å². The Morgan fingerprint density at radius 1 is 1.31 bits per heavy atom. The van der Waals surface area contributed by atoms with Crippen molar-refractivity contribution < 1.29 is 4.21 Å². The SMILES string of the molecule is CC(C)(CN)CCS(=O)c1ccc(Cl)cc1. The summed E-state index contributed by atoms with van der Waals surface area (Å²) < 4.78 is 11.9. The van der Waals surface area contributed by atoms with Crippen LogP contribution in [0.3, 0.4) is 0 Å². The number of rotatable bonds is 5. The molecule has 0 bridgehead atoms. The molecule has 0 amide bonds. The molecule has 0 fully saturated rings. The van der Waals surface area contributed by atoms with Crippen LogP contribution in [0.2, 0.25) is 5.02 Å². The average Bonchev–Trinajstić information content (AvgIpc) is 2.27. The fraction of sp³-hybridized carbons (Fsp3) is 0.500. The zero-order valence-electron chi connectivity index (χ0n) is 9.70. The van der Waals surface area contributed by atoms with E-state index in [-0.39, 0.29) is 5.41 Å². The molecule has 0 heterocycles. The predicted octanol–water partition coefficient (Wildman–Crippen LogP) is 2.82. The quantitative estimate of drug-likeness (QED) is 0.884. The highest BCUT2D eigenvalue weighted by molar-refractivity contribution is 7.85. The molecule has 2 nitrogen and oxygen atoms in total. The van der Waals surface area contributed by atoms with Crippen molar-refractivity contribution in [3.8, 4) is 0 Å². The van der Waals surface area contributed by atoms with Crippen molar-refractivity contribution in [1.82, 2.24) is 0 Å². The average molecular weight is 260 g/mol. The minimum absolute atomic E-state index is 0.0576. The molecule has 4 heteroatoms. The standard InChI is InChI=1S/C12H18ClNOS/c1-12(2,9-14)7-8-16(15)11-5-3-10(13)4-6-11/h3-6H,7-9,14H2,1-2H3. The second-order valence-electron chi connectivity index (χ2n) is 4.62. The summed E-state index contributed by atoms with van der Waals surface area (Å²) in [6, 6.07) is 7.16. The molecule has 0 aliphatic carbocycles. The van der Waals surface area contributed by atoms with E-state index in [2.05, 4.69) is 13.8 Å². The van der Waals surface area contributed by atoms with Crippen LogP contribution in [-0.4, -0.2) is 16.5 Å². The maximum atomic E-state index is 11.9. The van der Waals surface area contributed by atoms with Gasteiger partial charge in [0.2, 0.25) is 0 Å². The molecule has 1 aromatic carbocycles. The first-order chi connectivity index (χ1) is 7.44. The molecule has 90 valence electrons. The Bertz CT molecular complexity index is 362. The first-order valence-electron chi connectivity index (χ1n) is 5.29. The Labute approximate surface area is 105 Å². The van der Waals surface area contributed by atoms with E-state index in [4.69, 9.17) is 17.3 Å². The normalized spacial score (nSPS) is 13.8. The molecule has 2 N–H and O–H groups in total. The van der Waals surface area contributed by atoms with Crippen LogP contribution < -0.4 is 5.73 Å². The fourth-order valence-corrected chi connectivity index (χ4v) is 2.71. The smallest absolute Gasteiger partial charge is 0.0529 e. The van der Waals surface area contributed by atoms with Crippen LogP contribution in [0.15, 0.2) is 29.2 Å². The van der Waals surface area contributed by atoms with E-state index in [9.17, 15) is 4.21 Å². The third-order valence-electron chi connectivity index (χ3n) is 2.59. The van der Waals surface area contributed by atoms with E-state index in [1.54, 1.807) is 12.1 Å². The maximum absolute atomic E-state index is 11.9. The molecule has 16 heavy (non-hydrogen) atoms. The van der Waals surface area contributed by atoms with Crippen molar-refractivity contribution in [3.05, 3.63) is 29.3 Å². The van der Waals surface area contributed by atoms with Gasteiger partial charge in [-0.25, -0.2) is 0 Å². The summed E-state index contributed by atoms with van der Waals surface area (Å²) in [5.41, 5.74) is 5.69. The van der Waals surface area contributed by atoms with E-state index in [1.807, 2.05) is 12.1 Å². The molecule has 0 saturated carbocycles. The van der Waals surface area contributed by atoms with Gasteiger partial charge in [-0.3, -0.25) is 4.21 Å². The predicted molar refractivity (Wildman–Crippen MR) is 70.2 cm³/mol. The van der Waals surface area contributed by atoms with Gasteiger partial charge in [-0.05, 0) is 42.6 Å². The van der Waals surface area contributed by atoms with Crippen molar-refractivity contribution >= 4 is 22.4 Å². The Morgan fingerprint density at radius 2 is 1.88 bits per heavy atom. The van der Waals surface area contributed by atoms with Crippen LogP contribution in [0, 0.1) is 5.41 Å². The number of nitrogens with two attached hydrogens (primary N) is 1. The summed E-state index contributed by atoms with van der Waals surface area (Å²) in [6.45, 7) is 4.79. The summed E-state index contributed by atoms with van der Waals surface area (Å²) in [5.74, 6) is 0.645. The summed E-state index contributed by atoms with van der Waals surface area (Å²) in [6.07, 6.45) is 0.860. The van der Waals surface area contributed by atoms with E-state index in [0.717, 1.165) is 11.3 Å². The van der Waals surface area contributed by atoms with Crippen molar-refractivity contribution in [2.24, 2.45) is 11.1 Å². The van der Waals surface area contributed by atoms with Crippen molar-refractivity contribution in [2.75, 3.05) is 12.3 Å². The second kappa shape index (κ2) is 5.80. The van der Waals surface area contributed by atoms with Crippen LogP contribution >= 0.6 is 11.6 Å². The van der Waals surface area contributed by atoms with Gasteiger partial charge < -0.3 is 5.73 Å². The highest BCUT2D eigenvalue weighted by Crippen LogP contribution is 2.20. The summed E-state index contributed by atoms with van der Waals surface area (Å²) in [7, 11) is -0.954. The molecule has 1 unspecified atom stereocenters. The molecule has 1 rings (SSSR count). The third kappa shape index (κ3) is 4.24. The molecule has 0 aromatic heterocycles. The van der Waals surface area contributed by atoms with Crippen LogP contribution in [0.5, 0.6) is 0 Å². The van der Waals surface area contributed by atoms with E-state index in [1.165, 1.54) is 0 Å². The molecule has 0 aliphatic rings. The van der Waals surface area contributed by atoms with Gasteiger partial charge in [0.25, 0.3) is 0 Å². The molecule has 0 aliphatic heterocycles. The minimum Gasteiger partial charge on any atom is -0.330 e. The van der Waals surface area contributed by atoms with Crippen molar-refractivity contribution in [1.29, 1.82) is 0 Å². The van der Waals surface area contributed by atoms with E-state index >= 15 is 0 Å². The highest BCUT2D eigenvalue weighted by Gasteiger charge is 2.17.